The van der Waals surface area contributed by atoms with Gasteiger partial charge < -0.3 is 0 Å². The third-order valence-corrected chi connectivity index (χ3v) is 3.48. The van der Waals surface area contributed by atoms with Gasteiger partial charge in [0.25, 0.3) is 0 Å². The molecule has 1 nitrogen and oxygen atoms in total. The van der Waals surface area contributed by atoms with E-state index in [0.717, 1.165) is 19.4 Å². The SMILES string of the molecule is C=CC[n+]1c(CC)cc(-c2ccccc2)cc1CC. The maximum atomic E-state index is 3.87. The Morgan fingerprint density at radius 3 is 2.00 bits per heavy atom. The molecule has 0 N–H and O–H groups in total. The Kier molecular flexibility index (Phi) is 4.51. The molecular formula is C18H22N+. The Morgan fingerprint density at radius 1 is 0.947 bits per heavy atom. The number of aryl methyl sites for hydroxylation is 2. The van der Waals surface area contributed by atoms with E-state index in [2.05, 4.69) is 67.5 Å². The van der Waals surface area contributed by atoms with Crippen molar-refractivity contribution < 1.29 is 4.57 Å². The number of aromatic nitrogens is 1. The zero-order chi connectivity index (χ0) is 13.7. The fourth-order valence-corrected chi connectivity index (χ4v) is 2.49. The van der Waals surface area contributed by atoms with Gasteiger partial charge in [-0.15, -0.1) is 0 Å². The lowest BCUT2D eigenvalue weighted by Crippen LogP contribution is -2.41. The van der Waals surface area contributed by atoms with E-state index >= 15 is 0 Å². The topological polar surface area (TPSA) is 3.88 Å². The van der Waals surface area contributed by atoms with E-state index < -0.39 is 0 Å². The fraction of sp³-hybridized carbons (Fsp3) is 0.278. The number of rotatable bonds is 5. The average Bonchev–Trinajstić information content (AvgIpc) is 2.48. The zero-order valence-electron chi connectivity index (χ0n) is 11.9. The summed E-state index contributed by atoms with van der Waals surface area (Å²) in [6.45, 7) is 9.18. The van der Waals surface area contributed by atoms with Crippen molar-refractivity contribution in [1.29, 1.82) is 0 Å². The first kappa shape index (κ1) is 13.5. The molecule has 1 aromatic carbocycles. The van der Waals surface area contributed by atoms with Crippen LogP contribution in [0, 0.1) is 0 Å². The molecule has 0 saturated heterocycles. The summed E-state index contributed by atoms with van der Waals surface area (Å²) < 4.78 is 2.37. The van der Waals surface area contributed by atoms with Gasteiger partial charge in [-0.2, -0.15) is 4.57 Å². The molecule has 19 heavy (non-hydrogen) atoms. The molecule has 0 aliphatic rings. The molecule has 0 unspecified atom stereocenters. The van der Waals surface area contributed by atoms with Crippen molar-refractivity contribution in [2.75, 3.05) is 0 Å². The minimum absolute atomic E-state index is 0.890. The van der Waals surface area contributed by atoms with E-state index in [1.807, 2.05) is 6.08 Å². The molecule has 0 amide bonds. The van der Waals surface area contributed by atoms with E-state index in [-0.39, 0.29) is 0 Å². The fourth-order valence-electron chi connectivity index (χ4n) is 2.49. The highest BCUT2D eigenvalue weighted by molar-refractivity contribution is 5.63. The third kappa shape index (κ3) is 2.93. The molecule has 1 heterocycles. The van der Waals surface area contributed by atoms with Crippen LogP contribution in [0.3, 0.4) is 0 Å². The smallest absolute Gasteiger partial charge is 0.182 e. The summed E-state index contributed by atoms with van der Waals surface area (Å²) in [5, 5.41) is 0. The molecule has 0 bridgehead atoms. The molecule has 0 aliphatic heterocycles. The van der Waals surface area contributed by atoms with Crippen molar-refractivity contribution in [1.82, 2.24) is 0 Å². The number of pyridine rings is 1. The van der Waals surface area contributed by atoms with Gasteiger partial charge in [-0.3, -0.25) is 0 Å². The van der Waals surface area contributed by atoms with E-state index in [4.69, 9.17) is 0 Å². The Hall–Kier alpha value is -1.89. The first-order valence-corrected chi connectivity index (χ1v) is 7.02. The summed E-state index contributed by atoms with van der Waals surface area (Å²) in [5.41, 5.74) is 5.35. The van der Waals surface area contributed by atoms with Gasteiger partial charge in [-0.25, -0.2) is 0 Å². The zero-order valence-corrected chi connectivity index (χ0v) is 11.9. The third-order valence-electron chi connectivity index (χ3n) is 3.48. The number of nitrogens with zero attached hydrogens (tertiary/aromatic N) is 1. The summed E-state index contributed by atoms with van der Waals surface area (Å²) in [4.78, 5) is 0. The largest absolute Gasteiger partial charge is 0.196 e. The Labute approximate surface area is 116 Å². The summed E-state index contributed by atoms with van der Waals surface area (Å²) in [7, 11) is 0. The van der Waals surface area contributed by atoms with Crippen molar-refractivity contribution in [3.8, 4) is 11.1 Å². The number of hydrogen-bond donors (Lipinski definition) is 0. The molecule has 0 saturated carbocycles. The molecule has 98 valence electrons. The van der Waals surface area contributed by atoms with Gasteiger partial charge in [0.15, 0.2) is 17.9 Å². The quantitative estimate of drug-likeness (QED) is 0.560. The van der Waals surface area contributed by atoms with Crippen LogP contribution in [0.25, 0.3) is 11.1 Å². The molecule has 0 aliphatic carbocycles. The van der Waals surface area contributed by atoms with Gasteiger partial charge >= 0.3 is 0 Å². The van der Waals surface area contributed by atoms with Crippen molar-refractivity contribution >= 4 is 0 Å². The van der Waals surface area contributed by atoms with Gasteiger partial charge in [0.1, 0.15) is 0 Å². The molecule has 1 aromatic heterocycles. The summed E-state index contributed by atoms with van der Waals surface area (Å²) >= 11 is 0. The lowest BCUT2D eigenvalue weighted by Gasteiger charge is -2.09. The summed E-state index contributed by atoms with van der Waals surface area (Å²) in [6.07, 6.45) is 4.06. The maximum absolute atomic E-state index is 3.87. The van der Waals surface area contributed by atoms with Crippen LogP contribution in [-0.4, -0.2) is 0 Å². The monoisotopic (exact) mass is 252 g/mol. The average molecular weight is 252 g/mol. The predicted molar refractivity (Wildman–Crippen MR) is 81.0 cm³/mol. The van der Waals surface area contributed by atoms with Crippen LogP contribution in [0.2, 0.25) is 0 Å². The lowest BCUT2D eigenvalue weighted by atomic mass is 10.0. The highest BCUT2D eigenvalue weighted by Gasteiger charge is 2.15. The van der Waals surface area contributed by atoms with E-state index in [1.54, 1.807) is 0 Å². The number of benzene rings is 1. The first-order valence-electron chi connectivity index (χ1n) is 7.02. The van der Waals surface area contributed by atoms with E-state index in [1.165, 1.54) is 22.5 Å². The molecule has 2 rings (SSSR count). The van der Waals surface area contributed by atoms with Crippen LogP contribution in [-0.2, 0) is 19.4 Å². The normalized spacial score (nSPS) is 10.4. The molecule has 0 radical (unpaired) electrons. The Morgan fingerprint density at radius 2 is 1.53 bits per heavy atom. The second-order valence-electron chi connectivity index (χ2n) is 4.70. The molecule has 1 heteroatoms. The minimum Gasteiger partial charge on any atom is -0.196 e. The van der Waals surface area contributed by atoms with Gasteiger partial charge in [-0.05, 0) is 17.2 Å². The second-order valence-corrected chi connectivity index (χ2v) is 4.70. The van der Waals surface area contributed by atoms with Crippen LogP contribution >= 0.6 is 0 Å². The van der Waals surface area contributed by atoms with Crippen LogP contribution in [0.1, 0.15) is 25.2 Å². The molecule has 2 aromatic rings. The van der Waals surface area contributed by atoms with Crippen LogP contribution in [0.5, 0.6) is 0 Å². The van der Waals surface area contributed by atoms with Crippen LogP contribution in [0.15, 0.2) is 55.1 Å². The lowest BCUT2D eigenvalue weighted by molar-refractivity contribution is -0.701. The first-order chi connectivity index (χ1) is 9.30. The van der Waals surface area contributed by atoms with Gasteiger partial charge in [0, 0.05) is 25.0 Å². The summed E-state index contributed by atoms with van der Waals surface area (Å²) in [6, 6.07) is 15.2. The van der Waals surface area contributed by atoms with Gasteiger partial charge in [-0.1, -0.05) is 50.8 Å². The second kappa shape index (κ2) is 6.33. The van der Waals surface area contributed by atoms with E-state index in [0.29, 0.717) is 0 Å². The highest BCUT2D eigenvalue weighted by atomic mass is 15.0. The van der Waals surface area contributed by atoms with Crippen molar-refractivity contribution in [3.63, 3.8) is 0 Å². The van der Waals surface area contributed by atoms with Crippen molar-refractivity contribution in [2.45, 2.75) is 33.2 Å². The maximum Gasteiger partial charge on any atom is 0.182 e. The minimum atomic E-state index is 0.890. The van der Waals surface area contributed by atoms with Crippen LogP contribution < -0.4 is 4.57 Å². The number of hydrogen-bond acceptors (Lipinski definition) is 0. The Bertz CT molecular complexity index is 530. The highest BCUT2D eigenvalue weighted by Crippen LogP contribution is 2.20. The molecule has 0 spiro atoms. The van der Waals surface area contributed by atoms with Gasteiger partial charge in [0.05, 0.1) is 0 Å². The number of allylic oxidation sites excluding steroid dienone is 1. The van der Waals surface area contributed by atoms with Crippen molar-refractivity contribution in [3.05, 3.63) is 66.5 Å². The van der Waals surface area contributed by atoms with Crippen LogP contribution in [0.4, 0.5) is 0 Å². The standard InChI is InChI=1S/C18H22N/c1-4-12-19-17(5-2)13-16(14-18(19)6-3)15-10-8-7-9-11-15/h4,7-11,13-14H,1,5-6,12H2,2-3H3/q+1. The molecular weight excluding hydrogens is 230 g/mol. The molecule has 0 fully saturated rings. The predicted octanol–water partition coefficient (Wildman–Crippen LogP) is 3.95. The van der Waals surface area contributed by atoms with E-state index in [9.17, 15) is 0 Å². The van der Waals surface area contributed by atoms with Gasteiger partial charge in [0.2, 0.25) is 0 Å². The summed E-state index contributed by atoms with van der Waals surface area (Å²) in [5.74, 6) is 0. The van der Waals surface area contributed by atoms with Crippen molar-refractivity contribution in [2.24, 2.45) is 0 Å². The molecule has 0 atom stereocenters. The Balaban J connectivity index is 2.56.